The van der Waals surface area contributed by atoms with Crippen LogP contribution in [0.5, 0.6) is 0 Å². The SMILES string of the molecule is CC(c1c(F)cccc1F)N1C[C@@H](C(F)(F)F)[C@H](C(=O)O)C1. The first-order valence-electron chi connectivity index (χ1n) is 6.60. The summed E-state index contributed by atoms with van der Waals surface area (Å²) in [5.74, 6) is -6.99. The second kappa shape index (κ2) is 5.83. The summed E-state index contributed by atoms with van der Waals surface area (Å²) in [6.07, 6.45) is -4.68. The zero-order valence-electron chi connectivity index (χ0n) is 11.6. The molecule has 1 saturated heterocycles. The molecular weight excluding hydrogens is 309 g/mol. The van der Waals surface area contributed by atoms with Gasteiger partial charge in [-0.2, -0.15) is 13.2 Å². The van der Waals surface area contributed by atoms with Gasteiger partial charge in [0.1, 0.15) is 11.6 Å². The van der Waals surface area contributed by atoms with Crippen molar-refractivity contribution < 1.29 is 31.9 Å². The van der Waals surface area contributed by atoms with Crippen LogP contribution in [0, 0.1) is 23.5 Å². The fourth-order valence-electron chi connectivity index (χ4n) is 2.82. The summed E-state index contributed by atoms with van der Waals surface area (Å²) in [6.45, 7) is 0.350. The Hall–Kier alpha value is -1.70. The van der Waals surface area contributed by atoms with Crippen LogP contribution in [-0.2, 0) is 4.79 Å². The Kier molecular flexibility index (Phi) is 4.42. The Balaban J connectivity index is 2.29. The van der Waals surface area contributed by atoms with Crippen molar-refractivity contribution >= 4 is 5.97 Å². The Labute approximate surface area is 123 Å². The minimum atomic E-state index is -4.68. The van der Waals surface area contributed by atoms with Crippen molar-refractivity contribution in [2.75, 3.05) is 13.1 Å². The van der Waals surface area contributed by atoms with Gasteiger partial charge in [0.2, 0.25) is 0 Å². The molecule has 0 bridgehead atoms. The third kappa shape index (κ3) is 3.06. The lowest BCUT2D eigenvalue weighted by atomic mass is 9.96. The van der Waals surface area contributed by atoms with Crippen molar-refractivity contribution in [3.8, 4) is 0 Å². The lowest BCUT2D eigenvalue weighted by molar-refractivity contribution is -0.188. The minimum absolute atomic E-state index is 0.352. The molecule has 3 nitrogen and oxygen atoms in total. The molecule has 1 unspecified atom stereocenters. The molecule has 1 N–H and O–H groups in total. The number of hydrogen-bond donors (Lipinski definition) is 1. The summed E-state index contributed by atoms with van der Waals surface area (Å²) in [5.41, 5.74) is -0.352. The van der Waals surface area contributed by atoms with Crippen LogP contribution in [0.15, 0.2) is 18.2 Å². The number of carboxylic acids is 1. The van der Waals surface area contributed by atoms with E-state index in [-0.39, 0.29) is 5.56 Å². The number of aliphatic carboxylic acids is 1. The summed E-state index contributed by atoms with van der Waals surface area (Å²) in [4.78, 5) is 12.2. The standard InChI is InChI=1S/C14H14F5NO2/c1-7(12-10(15)3-2-4-11(12)16)20-5-8(13(21)22)9(6-20)14(17,18)19/h2-4,7-9H,5-6H2,1H3,(H,21,22)/t7?,8-,9-/m1/s1. The fourth-order valence-corrected chi connectivity index (χ4v) is 2.82. The van der Waals surface area contributed by atoms with Crippen LogP contribution in [-0.4, -0.2) is 35.2 Å². The molecule has 1 aromatic rings. The predicted octanol–water partition coefficient (Wildman–Crippen LogP) is 3.22. The van der Waals surface area contributed by atoms with Crippen LogP contribution in [0.3, 0.4) is 0 Å². The van der Waals surface area contributed by atoms with Crippen molar-refractivity contribution in [1.29, 1.82) is 0 Å². The molecular formula is C14H14F5NO2. The summed E-state index contributed by atoms with van der Waals surface area (Å²) < 4.78 is 66.3. The van der Waals surface area contributed by atoms with E-state index in [1.165, 1.54) is 6.92 Å². The summed E-state index contributed by atoms with van der Waals surface area (Å²) in [7, 11) is 0. The molecule has 1 aliphatic heterocycles. The molecule has 0 aliphatic carbocycles. The molecule has 122 valence electrons. The first-order chi connectivity index (χ1) is 10.1. The van der Waals surface area contributed by atoms with Gasteiger partial charge in [0.15, 0.2) is 0 Å². The maximum absolute atomic E-state index is 13.7. The Morgan fingerprint density at radius 3 is 2.23 bits per heavy atom. The Morgan fingerprint density at radius 2 is 1.82 bits per heavy atom. The van der Waals surface area contributed by atoms with Gasteiger partial charge in [-0.05, 0) is 19.1 Å². The highest BCUT2D eigenvalue weighted by atomic mass is 19.4. The van der Waals surface area contributed by atoms with Gasteiger partial charge >= 0.3 is 12.1 Å². The second-order valence-electron chi connectivity index (χ2n) is 5.36. The molecule has 3 atom stereocenters. The number of likely N-dealkylation sites (tertiary alicyclic amines) is 1. The molecule has 0 saturated carbocycles. The van der Waals surface area contributed by atoms with Gasteiger partial charge in [-0.3, -0.25) is 9.69 Å². The van der Waals surface area contributed by atoms with E-state index >= 15 is 0 Å². The number of halogens is 5. The minimum Gasteiger partial charge on any atom is -0.481 e. The highest BCUT2D eigenvalue weighted by Crippen LogP contribution is 2.41. The van der Waals surface area contributed by atoms with Gasteiger partial charge < -0.3 is 5.11 Å². The molecule has 0 radical (unpaired) electrons. The van der Waals surface area contributed by atoms with Crippen LogP contribution in [0.25, 0.3) is 0 Å². The van der Waals surface area contributed by atoms with Gasteiger partial charge in [0.05, 0.1) is 11.8 Å². The largest absolute Gasteiger partial charge is 0.481 e. The number of carboxylic acid groups (broad SMARTS) is 1. The van der Waals surface area contributed by atoms with Gasteiger partial charge in [-0.25, -0.2) is 8.78 Å². The first-order valence-corrected chi connectivity index (χ1v) is 6.60. The van der Waals surface area contributed by atoms with Crippen LogP contribution in [0.2, 0.25) is 0 Å². The van der Waals surface area contributed by atoms with Crippen molar-refractivity contribution in [2.45, 2.75) is 19.1 Å². The van der Waals surface area contributed by atoms with E-state index < -0.39 is 54.7 Å². The van der Waals surface area contributed by atoms with E-state index in [0.717, 1.165) is 23.1 Å². The third-order valence-electron chi connectivity index (χ3n) is 4.05. The van der Waals surface area contributed by atoms with Crippen LogP contribution in [0.4, 0.5) is 22.0 Å². The van der Waals surface area contributed by atoms with E-state index in [0.29, 0.717) is 0 Å². The van der Waals surface area contributed by atoms with Gasteiger partial charge in [-0.1, -0.05) is 6.07 Å². The maximum atomic E-state index is 13.7. The third-order valence-corrected chi connectivity index (χ3v) is 4.05. The number of hydrogen-bond acceptors (Lipinski definition) is 2. The van der Waals surface area contributed by atoms with Gasteiger partial charge in [0.25, 0.3) is 0 Å². The van der Waals surface area contributed by atoms with E-state index in [2.05, 4.69) is 0 Å². The Morgan fingerprint density at radius 1 is 1.27 bits per heavy atom. The number of carbonyl (C=O) groups is 1. The molecule has 0 amide bonds. The highest BCUT2D eigenvalue weighted by Gasteiger charge is 2.53. The lowest BCUT2D eigenvalue weighted by Gasteiger charge is -2.25. The number of benzene rings is 1. The fraction of sp³-hybridized carbons (Fsp3) is 0.500. The molecule has 1 aromatic carbocycles. The highest BCUT2D eigenvalue weighted by molar-refractivity contribution is 5.71. The predicted molar refractivity (Wildman–Crippen MR) is 67.0 cm³/mol. The number of alkyl halides is 3. The lowest BCUT2D eigenvalue weighted by Crippen LogP contribution is -2.33. The smallest absolute Gasteiger partial charge is 0.393 e. The molecule has 8 heteroatoms. The van der Waals surface area contributed by atoms with E-state index in [4.69, 9.17) is 5.11 Å². The van der Waals surface area contributed by atoms with Crippen LogP contribution in [0.1, 0.15) is 18.5 Å². The van der Waals surface area contributed by atoms with Gasteiger partial charge in [0, 0.05) is 24.7 Å². The summed E-state index contributed by atoms with van der Waals surface area (Å²) in [6, 6.07) is 2.20. The number of rotatable bonds is 3. The molecule has 0 spiro atoms. The first kappa shape index (κ1) is 16.7. The van der Waals surface area contributed by atoms with E-state index in [9.17, 15) is 26.7 Å². The molecule has 1 fully saturated rings. The molecule has 2 rings (SSSR count). The summed E-state index contributed by atoms with van der Waals surface area (Å²) >= 11 is 0. The van der Waals surface area contributed by atoms with Crippen molar-refractivity contribution in [2.24, 2.45) is 11.8 Å². The van der Waals surface area contributed by atoms with E-state index in [1.54, 1.807) is 0 Å². The summed E-state index contributed by atoms with van der Waals surface area (Å²) in [5, 5.41) is 8.95. The molecule has 1 heterocycles. The van der Waals surface area contributed by atoms with Crippen LogP contribution >= 0.6 is 0 Å². The maximum Gasteiger partial charge on any atom is 0.393 e. The normalized spacial score (nSPS) is 24.5. The average molecular weight is 323 g/mol. The molecule has 1 aliphatic rings. The second-order valence-corrected chi connectivity index (χ2v) is 5.36. The molecule has 22 heavy (non-hydrogen) atoms. The Bertz CT molecular complexity index is 555. The quantitative estimate of drug-likeness (QED) is 0.868. The van der Waals surface area contributed by atoms with Crippen LogP contribution < -0.4 is 0 Å². The van der Waals surface area contributed by atoms with Crippen molar-refractivity contribution in [1.82, 2.24) is 4.90 Å². The molecule has 0 aromatic heterocycles. The number of nitrogens with zero attached hydrogens (tertiary/aromatic N) is 1. The zero-order valence-corrected chi connectivity index (χ0v) is 11.6. The topological polar surface area (TPSA) is 40.5 Å². The zero-order chi connectivity index (χ0) is 16.7. The van der Waals surface area contributed by atoms with E-state index in [1.807, 2.05) is 0 Å². The van der Waals surface area contributed by atoms with Gasteiger partial charge in [-0.15, -0.1) is 0 Å². The van der Waals surface area contributed by atoms with Crippen molar-refractivity contribution in [3.63, 3.8) is 0 Å². The monoisotopic (exact) mass is 323 g/mol. The van der Waals surface area contributed by atoms with Crippen molar-refractivity contribution in [3.05, 3.63) is 35.4 Å². The average Bonchev–Trinajstić information content (AvgIpc) is 2.83.